The van der Waals surface area contributed by atoms with Crippen LogP contribution in [-0.2, 0) is 0 Å². The first-order chi connectivity index (χ1) is 10.3. The van der Waals surface area contributed by atoms with Crippen molar-refractivity contribution in [1.82, 2.24) is 15.0 Å². The highest BCUT2D eigenvalue weighted by molar-refractivity contribution is 7.15. The van der Waals surface area contributed by atoms with Gasteiger partial charge in [0.05, 0.1) is 0 Å². The first-order valence-corrected chi connectivity index (χ1v) is 8.53. The molecule has 0 atom stereocenters. The third-order valence-corrected chi connectivity index (χ3v) is 5.43. The Labute approximate surface area is 128 Å². The molecule has 3 heterocycles. The van der Waals surface area contributed by atoms with Gasteiger partial charge in [-0.3, -0.25) is 0 Å². The van der Waals surface area contributed by atoms with E-state index >= 15 is 0 Å². The number of nitrogens with zero attached hydrogens (tertiary/aromatic N) is 2. The fourth-order valence-corrected chi connectivity index (χ4v) is 4.13. The zero-order chi connectivity index (χ0) is 14.2. The third kappa shape index (κ3) is 2.38. The maximum absolute atomic E-state index is 4.63. The predicted octanol–water partition coefficient (Wildman–Crippen LogP) is 5.04. The number of hydrogen-bond donors (Lipinski definition) is 1. The number of hydrogen-bond acceptors (Lipinski definition) is 3. The minimum atomic E-state index is 0.691. The molecule has 0 bridgehead atoms. The van der Waals surface area contributed by atoms with E-state index < -0.39 is 0 Å². The van der Waals surface area contributed by atoms with Gasteiger partial charge in [-0.15, -0.1) is 11.3 Å². The van der Waals surface area contributed by atoms with Gasteiger partial charge >= 0.3 is 0 Å². The number of rotatable bonds is 2. The molecule has 0 saturated heterocycles. The Morgan fingerprint density at radius 1 is 1.14 bits per heavy atom. The van der Waals surface area contributed by atoms with E-state index in [0.717, 1.165) is 10.7 Å². The molecule has 21 heavy (non-hydrogen) atoms. The molecule has 0 spiro atoms. The summed E-state index contributed by atoms with van der Waals surface area (Å²) in [6.45, 7) is 2.10. The Morgan fingerprint density at radius 3 is 2.76 bits per heavy atom. The quantitative estimate of drug-likeness (QED) is 0.719. The molecule has 3 aromatic heterocycles. The number of aromatic amines is 1. The molecule has 1 N–H and O–H groups in total. The summed E-state index contributed by atoms with van der Waals surface area (Å²) in [5.41, 5.74) is 3.56. The van der Waals surface area contributed by atoms with Crippen LogP contribution in [0.4, 0.5) is 0 Å². The number of pyridine rings is 1. The fourth-order valence-electron chi connectivity index (χ4n) is 3.33. The SMILES string of the molecule is Cc1cnc(-c2c[nH]c3ncc(C4CCCCC4)cc23)s1. The topological polar surface area (TPSA) is 41.6 Å². The molecule has 0 aromatic carbocycles. The van der Waals surface area contributed by atoms with Gasteiger partial charge in [0.15, 0.2) is 0 Å². The number of nitrogens with one attached hydrogen (secondary N) is 1. The van der Waals surface area contributed by atoms with E-state index in [1.54, 1.807) is 11.3 Å². The summed E-state index contributed by atoms with van der Waals surface area (Å²) in [5, 5.41) is 2.30. The van der Waals surface area contributed by atoms with Crippen molar-refractivity contribution in [2.75, 3.05) is 0 Å². The minimum Gasteiger partial charge on any atom is -0.345 e. The zero-order valence-electron chi connectivity index (χ0n) is 12.2. The highest BCUT2D eigenvalue weighted by atomic mass is 32.1. The largest absolute Gasteiger partial charge is 0.345 e. The minimum absolute atomic E-state index is 0.691. The Kier molecular flexibility index (Phi) is 3.26. The van der Waals surface area contributed by atoms with E-state index in [1.807, 2.05) is 12.4 Å². The molecule has 4 heteroatoms. The molecular weight excluding hydrogens is 278 g/mol. The number of thiazole rings is 1. The van der Waals surface area contributed by atoms with Crippen LogP contribution in [0.1, 0.15) is 48.5 Å². The van der Waals surface area contributed by atoms with Gasteiger partial charge in [0.2, 0.25) is 0 Å². The highest BCUT2D eigenvalue weighted by Gasteiger charge is 2.18. The van der Waals surface area contributed by atoms with Gasteiger partial charge in [-0.25, -0.2) is 9.97 Å². The highest BCUT2D eigenvalue weighted by Crippen LogP contribution is 2.36. The van der Waals surface area contributed by atoms with Crippen molar-refractivity contribution in [3.63, 3.8) is 0 Å². The molecular formula is C17H19N3S. The molecule has 0 radical (unpaired) electrons. The molecule has 0 unspecified atom stereocenters. The van der Waals surface area contributed by atoms with Crippen LogP contribution in [0.5, 0.6) is 0 Å². The van der Waals surface area contributed by atoms with Crippen LogP contribution in [0.3, 0.4) is 0 Å². The molecule has 1 aliphatic rings. The van der Waals surface area contributed by atoms with Crippen molar-refractivity contribution in [3.05, 3.63) is 35.1 Å². The van der Waals surface area contributed by atoms with Crippen molar-refractivity contribution in [1.29, 1.82) is 0 Å². The van der Waals surface area contributed by atoms with Crippen molar-refractivity contribution in [3.8, 4) is 10.6 Å². The van der Waals surface area contributed by atoms with Crippen LogP contribution < -0.4 is 0 Å². The summed E-state index contributed by atoms with van der Waals surface area (Å²) in [5.74, 6) is 0.691. The standard InChI is InChI=1S/C17H19N3S/c1-11-8-20-17(21-11)15-10-19-16-14(15)7-13(9-18-16)12-5-3-2-4-6-12/h7-10,12H,2-6H2,1H3,(H,18,19). The van der Waals surface area contributed by atoms with E-state index in [2.05, 4.69) is 34.1 Å². The second-order valence-corrected chi connectivity index (χ2v) is 7.21. The molecule has 1 saturated carbocycles. The van der Waals surface area contributed by atoms with Gasteiger partial charge < -0.3 is 4.98 Å². The van der Waals surface area contributed by atoms with Gasteiger partial charge in [0.25, 0.3) is 0 Å². The van der Waals surface area contributed by atoms with E-state index in [9.17, 15) is 0 Å². The van der Waals surface area contributed by atoms with E-state index in [1.165, 1.54) is 53.5 Å². The van der Waals surface area contributed by atoms with E-state index in [4.69, 9.17) is 0 Å². The molecule has 0 aliphatic heterocycles. The maximum atomic E-state index is 4.63. The molecule has 1 aliphatic carbocycles. The summed E-state index contributed by atoms with van der Waals surface area (Å²) in [7, 11) is 0. The van der Waals surface area contributed by atoms with Crippen molar-refractivity contribution < 1.29 is 0 Å². The average molecular weight is 297 g/mol. The average Bonchev–Trinajstić information content (AvgIpc) is 3.13. The molecule has 0 amide bonds. The predicted molar refractivity (Wildman–Crippen MR) is 87.8 cm³/mol. The van der Waals surface area contributed by atoms with Crippen LogP contribution in [0, 0.1) is 6.92 Å². The fraction of sp³-hybridized carbons (Fsp3) is 0.412. The molecule has 1 fully saturated rings. The van der Waals surface area contributed by atoms with Crippen LogP contribution in [-0.4, -0.2) is 15.0 Å². The Morgan fingerprint density at radius 2 is 2.00 bits per heavy atom. The lowest BCUT2D eigenvalue weighted by Crippen LogP contribution is -2.04. The second kappa shape index (κ2) is 5.26. The summed E-state index contributed by atoms with van der Waals surface area (Å²) in [6, 6.07) is 2.33. The Bertz CT molecular complexity index is 765. The first kappa shape index (κ1) is 13.0. The normalized spacial score (nSPS) is 16.6. The van der Waals surface area contributed by atoms with Crippen LogP contribution >= 0.6 is 11.3 Å². The molecule has 3 aromatic rings. The summed E-state index contributed by atoms with van der Waals surface area (Å²) >= 11 is 1.74. The maximum Gasteiger partial charge on any atom is 0.137 e. The summed E-state index contributed by atoms with van der Waals surface area (Å²) in [4.78, 5) is 13.7. The number of aromatic nitrogens is 3. The third-order valence-electron chi connectivity index (χ3n) is 4.48. The zero-order valence-corrected chi connectivity index (χ0v) is 13.0. The Balaban J connectivity index is 1.78. The van der Waals surface area contributed by atoms with Gasteiger partial charge in [0.1, 0.15) is 10.7 Å². The Hall–Kier alpha value is -1.68. The van der Waals surface area contributed by atoms with Gasteiger partial charge in [-0.2, -0.15) is 0 Å². The number of aryl methyl sites for hydroxylation is 1. The summed E-state index contributed by atoms with van der Waals surface area (Å²) in [6.07, 6.45) is 12.8. The molecule has 3 nitrogen and oxygen atoms in total. The molecule has 4 rings (SSSR count). The first-order valence-electron chi connectivity index (χ1n) is 7.71. The van der Waals surface area contributed by atoms with Gasteiger partial charge in [-0.1, -0.05) is 19.3 Å². The molecule has 108 valence electrons. The van der Waals surface area contributed by atoms with Crippen molar-refractivity contribution in [2.24, 2.45) is 0 Å². The van der Waals surface area contributed by atoms with E-state index in [-0.39, 0.29) is 0 Å². The number of fused-ring (bicyclic) bond motifs is 1. The van der Waals surface area contributed by atoms with E-state index in [0.29, 0.717) is 5.92 Å². The van der Waals surface area contributed by atoms with Gasteiger partial charge in [-0.05, 0) is 37.3 Å². The number of H-pyrrole nitrogens is 1. The van der Waals surface area contributed by atoms with Gasteiger partial charge in [0, 0.05) is 34.4 Å². The lowest BCUT2D eigenvalue weighted by Gasteiger charge is -2.21. The van der Waals surface area contributed by atoms with Crippen LogP contribution in [0.15, 0.2) is 24.7 Å². The smallest absolute Gasteiger partial charge is 0.137 e. The second-order valence-electron chi connectivity index (χ2n) is 5.98. The van der Waals surface area contributed by atoms with Crippen molar-refractivity contribution >= 4 is 22.4 Å². The summed E-state index contributed by atoms with van der Waals surface area (Å²) < 4.78 is 0. The monoisotopic (exact) mass is 297 g/mol. The van der Waals surface area contributed by atoms with Crippen molar-refractivity contribution in [2.45, 2.75) is 44.9 Å². The lowest BCUT2D eigenvalue weighted by molar-refractivity contribution is 0.443. The van der Waals surface area contributed by atoms with Crippen LogP contribution in [0.25, 0.3) is 21.6 Å². The lowest BCUT2D eigenvalue weighted by atomic mass is 9.84. The van der Waals surface area contributed by atoms with Crippen LogP contribution in [0.2, 0.25) is 0 Å².